The van der Waals surface area contributed by atoms with Gasteiger partial charge in [-0.25, -0.2) is 0 Å². The Morgan fingerprint density at radius 1 is 0.474 bits per heavy atom. The highest BCUT2D eigenvalue weighted by Gasteiger charge is 2.20. The summed E-state index contributed by atoms with van der Waals surface area (Å²) in [5.74, 6) is -0.0525. The Bertz CT molecular complexity index is 847. The number of amides is 1. The van der Waals surface area contributed by atoms with Crippen LogP contribution in [0.4, 0.5) is 0 Å². The zero-order valence-corrected chi connectivity index (χ0v) is 38.3. The van der Waals surface area contributed by atoms with Crippen LogP contribution in [-0.4, -0.2) is 47.4 Å². The van der Waals surface area contributed by atoms with Gasteiger partial charge in [-0.15, -0.1) is 0 Å². The number of esters is 1. The summed E-state index contributed by atoms with van der Waals surface area (Å²) in [4.78, 5) is 24.4. The van der Waals surface area contributed by atoms with Crippen molar-refractivity contribution >= 4 is 11.9 Å². The van der Waals surface area contributed by atoms with Gasteiger partial charge in [-0.3, -0.25) is 9.59 Å². The molecule has 2 atom stereocenters. The molecule has 0 bridgehead atoms. The van der Waals surface area contributed by atoms with Crippen LogP contribution in [0.5, 0.6) is 0 Å². The molecule has 0 aromatic rings. The number of hydrogen-bond donors (Lipinski definition) is 3. The maximum atomic E-state index is 12.4. The minimum Gasteiger partial charge on any atom is -0.466 e. The maximum absolute atomic E-state index is 12.4. The first-order chi connectivity index (χ1) is 28.0. The van der Waals surface area contributed by atoms with Gasteiger partial charge >= 0.3 is 5.97 Å². The van der Waals surface area contributed by atoms with Gasteiger partial charge in [-0.1, -0.05) is 225 Å². The lowest BCUT2D eigenvalue weighted by molar-refractivity contribution is -0.143. The number of ether oxygens (including phenoxy) is 1. The molecular weight excluding hydrogens is 707 g/mol. The number of hydrogen-bond acceptors (Lipinski definition) is 5. The summed E-state index contributed by atoms with van der Waals surface area (Å²) in [6, 6.07) is -0.546. The number of carbonyl (C=O) groups excluding carboxylic acids is 2. The van der Waals surface area contributed by atoms with Crippen LogP contribution in [-0.2, 0) is 14.3 Å². The van der Waals surface area contributed by atoms with E-state index in [9.17, 15) is 19.8 Å². The van der Waals surface area contributed by atoms with Crippen LogP contribution in [0.1, 0.15) is 277 Å². The van der Waals surface area contributed by atoms with Gasteiger partial charge in [0.1, 0.15) is 0 Å². The van der Waals surface area contributed by atoms with Crippen molar-refractivity contribution in [1.82, 2.24) is 5.32 Å². The van der Waals surface area contributed by atoms with Gasteiger partial charge in [0, 0.05) is 12.8 Å². The quantitative estimate of drug-likeness (QED) is 0.0323. The van der Waals surface area contributed by atoms with Crippen LogP contribution in [0, 0.1) is 0 Å². The topological polar surface area (TPSA) is 95.9 Å². The van der Waals surface area contributed by atoms with E-state index in [0.29, 0.717) is 25.9 Å². The fraction of sp³-hybridized carbons (Fsp3) is 0.922. The Balaban J connectivity index is 3.43. The third-order valence-electron chi connectivity index (χ3n) is 11.8. The predicted molar refractivity (Wildman–Crippen MR) is 246 cm³/mol. The molecule has 0 saturated heterocycles. The van der Waals surface area contributed by atoms with Crippen molar-refractivity contribution < 1.29 is 24.5 Å². The molecule has 0 rings (SSSR count). The van der Waals surface area contributed by atoms with Crippen molar-refractivity contribution in [3.05, 3.63) is 12.2 Å². The van der Waals surface area contributed by atoms with Gasteiger partial charge in [0.2, 0.25) is 5.91 Å². The first-order valence-electron chi connectivity index (χ1n) is 25.4. The van der Waals surface area contributed by atoms with E-state index in [1.165, 1.54) is 193 Å². The van der Waals surface area contributed by atoms with E-state index >= 15 is 0 Å². The Labute approximate surface area is 355 Å². The molecule has 0 radical (unpaired) electrons. The second-order valence-electron chi connectivity index (χ2n) is 17.5. The summed E-state index contributed by atoms with van der Waals surface area (Å²) < 4.78 is 5.45. The van der Waals surface area contributed by atoms with Crippen molar-refractivity contribution in [2.75, 3.05) is 13.2 Å². The highest BCUT2D eigenvalue weighted by molar-refractivity contribution is 5.76. The summed E-state index contributed by atoms with van der Waals surface area (Å²) in [7, 11) is 0. The fourth-order valence-electron chi connectivity index (χ4n) is 7.87. The van der Waals surface area contributed by atoms with Crippen molar-refractivity contribution in [1.29, 1.82) is 0 Å². The van der Waals surface area contributed by atoms with E-state index in [0.717, 1.165) is 51.4 Å². The minimum absolute atomic E-state index is 0.00857. The molecule has 338 valence electrons. The predicted octanol–water partition coefficient (Wildman–Crippen LogP) is 15.0. The number of unbranched alkanes of at least 4 members (excludes halogenated alkanes) is 34. The highest BCUT2D eigenvalue weighted by atomic mass is 16.5. The number of aliphatic hydroxyl groups excluding tert-OH is 2. The molecule has 0 spiro atoms. The van der Waals surface area contributed by atoms with Crippen molar-refractivity contribution in [2.45, 2.75) is 289 Å². The monoisotopic (exact) mass is 806 g/mol. The van der Waals surface area contributed by atoms with Crippen molar-refractivity contribution in [3.8, 4) is 0 Å². The van der Waals surface area contributed by atoms with Crippen LogP contribution in [0.25, 0.3) is 0 Å². The van der Waals surface area contributed by atoms with Gasteiger partial charge in [-0.2, -0.15) is 0 Å². The van der Waals surface area contributed by atoms with E-state index in [-0.39, 0.29) is 18.5 Å². The summed E-state index contributed by atoms with van der Waals surface area (Å²) in [5.41, 5.74) is 0. The lowest BCUT2D eigenvalue weighted by Gasteiger charge is -2.22. The standard InChI is InChI=1S/C51H99NO5/c1-3-5-7-9-11-13-15-20-25-29-33-37-41-45-51(56)57-46-42-38-34-30-26-22-19-17-18-21-24-28-32-36-40-44-50(55)52-48(47-53)49(54)43-39-35-31-27-23-16-14-12-10-8-6-4-2/h13,15,48-49,53-54H,3-12,14,16-47H2,1-2H3,(H,52,55)/b15-13-. The molecule has 0 saturated carbocycles. The molecule has 0 heterocycles. The van der Waals surface area contributed by atoms with Crippen LogP contribution in [0.2, 0.25) is 0 Å². The number of nitrogens with one attached hydrogen (secondary N) is 1. The number of allylic oxidation sites excluding steroid dienone is 2. The molecule has 2 unspecified atom stereocenters. The largest absolute Gasteiger partial charge is 0.466 e. The molecular formula is C51H99NO5. The summed E-state index contributed by atoms with van der Waals surface area (Å²) in [5, 5.41) is 23.2. The third-order valence-corrected chi connectivity index (χ3v) is 11.8. The van der Waals surface area contributed by atoms with Gasteiger partial charge in [-0.05, 0) is 51.4 Å². The normalized spacial score (nSPS) is 12.7. The molecule has 0 aromatic carbocycles. The molecule has 1 amide bonds. The lowest BCUT2D eigenvalue weighted by Crippen LogP contribution is -2.45. The van der Waals surface area contributed by atoms with E-state index in [4.69, 9.17) is 4.74 Å². The van der Waals surface area contributed by atoms with Crippen LogP contribution in [0.3, 0.4) is 0 Å². The van der Waals surface area contributed by atoms with E-state index in [2.05, 4.69) is 31.3 Å². The fourth-order valence-corrected chi connectivity index (χ4v) is 7.87. The average Bonchev–Trinajstić information content (AvgIpc) is 3.21. The molecule has 0 aliphatic rings. The summed E-state index contributed by atoms with van der Waals surface area (Å²) in [6.07, 6.45) is 53.2. The SMILES string of the molecule is CCCCCC/C=C\CCCCCCCC(=O)OCCCCCCCCCCCCCCCCCC(=O)NC(CO)C(O)CCCCCCCCCCCCCC. The Hall–Kier alpha value is -1.40. The first-order valence-corrected chi connectivity index (χ1v) is 25.4. The zero-order chi connectivity index (χ0) is 41.5. The Morgan fingerprint density at radius 3 is 1.26 bits per heavy atom. The Kier molecular flexibility index (Phi) is 46.1. The van der Waals surface area contributed by atoms with Gasteiger partial charge in [0.25, 0.3) is 0 Å². The summed E-state index contributed by atoms with van der Waals surface area (Å²) >= 11 is 0. The minimum atomic E-state index is -0.668. The second-order valence-corrected chi connectivity index (χ2v) is 17.5. The summed E-state index contributed by atoms with van der Waals surface area (Å²) in [6.45, 7) is 4.91. The van der Waals surface area contributed by atoms with Gasteiger partial charge in [0.05, 0.1) is 25.4 Å². The molecule has 0 aromatic heterocycles. The number of carbonyl (C=O) groups is 2. The number of aliphatic hydroxyl groups is 2. The molecule has 6 heteroatoms. The maximum Gasteiger partial charge on any atom is 0.305 e. The molecule has 6 nitrogen and oxygen atoms in total. The first kappa shape index (κ1) is 55.6. The van der Waals surface area contributed by atoms with Crippen molar-refractivity contribution in [3.63, 3.8) is 0 Å². The Morgan fingerprint density at radius 2 is 0.825 bits per heavy atom. The molecule has 0 aliphatic heterocycles. The van der Waals surface area contributed by atoms with Crippen LogP contribution in [0.15, 0.2) is 12.2 Å². The average molecular weight is 806 g/mol. The smallest absolute Gasteiger partial charge is 0.305 e. The van der Waals surface area contributed by atoms with Gasteiger partial charge in [0.15, 0.2) is 0 Å². The molecule has 0 fully saturated rings. The van der Waals surface area contributed by atoms with Crippen LogP contribution < -0.4 is 5.32 Å². The van der Waals surface area contributed by atoms with E-state index in [1.807, 2.05) is 0 Å². The molecule has 0 aliphatic carbocycles. The van der Waals surface area contributed by atoms with Crippen molar-refractivity contribution in [2.24, 2.45) is 0 Å². The molecule has 57 heavy (non-hydrogen) atoms. The van der Waals surface area contributed by atoms with Gasteiger partial charge < -0.3 is 20.3 Å². The van der Waals surface area contributed by atoms with Crippen LogP contribution >= 0.6 is 0 Å². The zero-order valence-electron chi connectivity index (χ0n) is 38.3. The number of rotatable bonds is 47. The second kappa shape index (κ2) is 47.3. The van der Waals surface area contributed by atoms with E-state index in [1.54, 1.807) is 0 Å². The molecule has 3 N–H and O–H groups in total. The van der Waals surface area contributed by atoms with E-state index < -0.39 is 12.1 Å². The third kappa shape index (κ3) is 44.0. The lowest BCUT2D eigenvalue weighted by atomic mass is 10.0. The highest BCUT2D eigenvalue weighted by Crippen LogP contribution is 2.16.